The molecule has 1 amide bonds. The van der Waals surface area contributed by atoms with Crippen molar-refractivity contribution in [3.8, 4) is 0 Å². The molecule has 0 N–H and O–H groups in total. The van der Waals surface area contributed by atoms with E-state index in [4.69, 9.17) is 4.74 Å². The first-order valence-corrected chi connectivity index (χ1v) is 9.59. The molecule has 9 heteroatoms. The highest BCUT2D eigenvalue weighted by Gasteiger charge is 2.20. The number of morpholine rings is 1. The maximum absolute atomic E-state index is 13.0. The first kappa shape index (κ1) is 23.6. The molecule has 2 heterocycles. The number of nitrogens with zero attached hydrogens (tertiary/aromatic N) is 4. The van der Waals surface area contributed by atoms with Crippen molar-refractivity contribution in [2.45, 2.75) is 0 Å². The van der Waals surface area contributed by atoms with E-state index in [1.807, 2.05) is 30.3 Å². The monoisotopic (exact) mass is 434 g/mol. The second-order valence-electron chi connectivity index (χ2n) is 6.93. The van der Waals surface area contributed by atoms with Crippen LogP contribution in [0.1, 0.15) is 5.56 Å². The summed E-state index contributed by atoms with van der Waals surface area (Å²) >= 11 is 0. The van der Waals surface area contributed by atoms with Gasteiger partial charge in [-0.25, -0.2) is 4.79 Å². The third-order valence-electron chi connectivity index (χ3n) is 5.00. The zero-order valence-electron chi connectivity index (χ0n) is 17.2. The summed E-state index contributed by atoms with van der Waals surface area (Å²) in [5.41, 5.74) is -0.0186. The summed E-state index contributed by atoms with van der Waals surface area (Å²) in [5, 5.41) is 0. The fourth-order valence-corrected chi connectivity index (χ4v) is 3.21. The number of ether oxygens (including phenoxy) is 1. The second kappa shape index (κ2) is 10.9. The zero-order chi connectivity index (χ0) is 20.8. The molecule has 3 rings (SSSR count). The number of carbonyl (C=O) groups excluding carboxylic acids is 1. The van der Waals surface area contributed by atoms with Gasteiger partial charge in [-0.2, -0.15) is 0 Å². The number of benzene rings is 1. The summed E-state index contributed by atoms with van der Waals surface area (Å²) in [5.74, 6) is -0.000522. The van der Waals surface area contributed by atoms with Crippen molar-refractivity contribution < 1.29 is 9.53 Å². The largest absolute Gasteiger partial charge is 0.379 e. The second-order valence-corrected chi connectivity index (χ2v) is 6.93. The van der Waals surface area contributed by atoms with Crippen LogP contribution in [-0.2, 0) is 23.6 Å². The van der Waals surface area contributed by atoms with Crippen LogP contribution in [0, 0.1) is 0 Å². The standard InChI is InChI=1S/C21H26N4O4.ClH/c1-22-18(16-20(27)23(2)21(22)28)25(11-10-24-12-14-29-15-13-24)19(26)9-8-17-6-4-3-5-7-17;/h3-9,16H,10-15H2,1-2H3;1H/b9-8-;. The Labute approximate surface area is 181 Å². The van der Waals surface area contributed by atoms with Gasteiger partial charge in [0, 0.05) is 52.4 Å². The molecule has 0 atom stereocenters. The van der Waals surface area contributed by atoms with Gasteiger partial charge in [0.1, 0.15) is 5.82 Å². The summed E-state index contributed by atoms with van der Waals surface area (Å²) in [7, 11) is 2.98. The van der Waals surface area contributed by atoms with Gasteiger partial charge in [-0.1, -0.05) is 30.3 Å². The molecule has 0 radical (unpaired) electrons. The van der Waals surface area contributed by atoms with Crippen LogP contribution in [0.4, 0.5) is 5.82 Å². The molecule has 2 aromatic rings. The number of halogens is 1. The third-order valence-corrected chi connectivity index (χ3v) is 5.00. The molecular weight excluding hydrogens is 408 g/mol. The molecule has 0 saturated carbocycles. The zero-order valence-corrected chi connectivity index (χ0v) is 18.0. The van der Waals surface area contributed by atoms with E-state index in [0.29, 0.717) is 26.3 Å². The lowest BCUT2D eigenvalue weighted by molar-refractivity contribution is -0.114. The average molecular weight is 435 g/mol. The first-order valence-electron chi connectivity index (χ1n) is 9.59. The van der Waals surface area contributed by atoms with E-state index in [-0.39, 0.29) is 24.1 Å². The SMILES string of the molecule is Cl.Cn1c(N(CCN2CCOCC2)C(=O)/C=C\c2ccccc2)cc(=O)n(C)c1=O. The van der Waals surface area contributed by atoms with Gasteiger partial charge in [0.05, 0.1) is 13.2 Å². The van der Waals surface area contributed by atoms with E-state index >= 15 is 0 Å². The highest BCUT2D eigenvalue weighted by molar-refractivity contribution is 6.03. The predicted octanol–water partition coefficient (Wildman–Crippen LogP) is 0.884. The molecular formula is C21H27ClN4O4. The van der Waals surface area contributed by atoms with Crippen LogP contribution in [0.25, 0.3) is 6.08 Å². The number of rotatable bonds is 6. The van der Waals surface area contributed by atoms with E-state index < -0.39 is 11.2 Å². The lowest BCUT2D eigenvalue weighted by Gasteiger charge is -2.30. The van der Waals surface area contributed by atoms with E-state index in [1.165, 1.54) is 28.7 Å². The minimum Gasteiger partial charge on any atom is -0.379 e. The molecule has 0 aliphatic carbocycles. The van der Waals surface area contributed by atoms with Crippen molar-refractivity contribution in [1.82, 2.24) is 14.0 Å². The van der Waals surface area contributed by atoms with Gasteiger partial charge < -0.3 is 4.74 Å². The number of hydrogen-bond donors (Lipinski definition) is 0. The number of carbonyl (C=O) groups is 1. The normalized spacial score (nSPS) is 14.5. The topological polar surface area (TPSA) is 76.8 Å². The Balaban J connectivity index is 0.00000320. The van der Waals surface area contributed by atoms with Gasteiger partial charge in [-0.15, -0.1) is 12.4 Å². The number of amides is 1. The van der Waals surface area contributed by atoms with Crippen LogP contribution < -0.4 is 16.1 Å². The molecule has 30 heavy (non-hydrogen) atoms. The Morgan fingerprint density at radius 3 is 2.43 bits per heavy atom. The van der Waals surface area contributed by atoms with Crippen molar-refractivity contribution in [2.75, 3.05) is 44.3 Å². The maximum atomic E-state index is 13.0. The molecule has 1 fully saturated rings. The third kappa shape index (κ3) is 5.69. The van der Waals surface area contributed by atoms with Crippen LogP contribution >= 0.6 is 12.4 Å². The van der Waals surface area contributed by atoms with Gasteiger partial charge >= 0.3 is 5.69 Å². The minimum atomic E-state index is -0.469. The lowest BCUT2D eigenvalue weighted by Crippen LogP contribution is -2.46. The van der Waals surface area contributed by atoms with Gasteiger partial charge in [0.2, 0.25) is 0 Å². The Kier molecular flexibility index (Phi) is 8.58. The van der Waals surface area contributed by atoms with Gasteiger partial charge in [0.25, 0.3) is 11.5 Å². The summed E-state index contributed by atoms with van der Waals surface area (Å²) in [6.45, 7) is 3.88. The highest BCUT2D eigenvalue weighted by Crippen LogP contribution is 2.12. The molecule has 8 nitrogen and oxygen atoms in total. The molecule has 1 aliphatic heterocycles. The number of aromatic nitrogens is 2. The van der Waals surface area contributed by atoms with Crippen LogP contribution in [0.2, 0.25) is 0 Å². The maximum Gasteiger partial charge on any atom is 0.332 e. The first-order chi connectivity index (χ1) is 14.0. The number of hydrogen-bond acceptors (Lipinski definition) is 5. The Morgan fingerprint density at radius 2 is 1.77 bits per heavy atom. The van der Waals surface area contributed by atoms with Crippen LogP contribution in [0.5, 0.6) is 0 Å². The summed E-state index contributed by atoms with van der Waals surface area (Å²) in [6, 6.07) is 10.8. The molecule has 0 unspecified atom stereocenters. The Morgan fingerprint density at radius 1 is 1.10 bits per heavy atom. The molecule has 1 aromatic carbocycles. The molecule has 1 saturated heterocycles. The Bertz CT molecular complexity index is 994. The van der Waals surface area contributed by atoms with Crippen molar-refractivity contribution >= 4 is 30.2 Å². The fourth-order valence-electron chi connectivity index (χ4n) is 3.21. The van der Waals surface area contributed by atoms with E-state index in [9.17, 15) is 14.4 Å². The van der Waals surface area contributed by atoms with Crippen LogP contribution in [0.15, 0.2) is 52.1 Å². The molecule has 162 valence electrons. The van der Waals surface area contributed by atoms with Gasteiger partial charge in [-0.3, -0.25) is 28.5 Å². The van der Waals surface area contributed by atoms with Crippen LogP contribution in [0.3, 0.4) is 0 Å². The van der Waals surface area contributed by atoms with Gasteiger partial charge in [-0.05, 0) is 11.6 Å². The molecule has 0 bridgehead atoms. The summed E-state index contributed by atoms with van der Waals surface area (Å²) < 4.78 is 7.72. The summed E-state index contributed by atoms with van der Waals surface area (Å²) in [6.07, 6.45) is 3.19. The summed E-state index contributed by atoms with van der Waals surface area (Å²) in [4.78, 5) is 41.3. The minimum absolute atomic E-state index is 0. The molecule has 0 spiro atoms. The Hall–Kier alpha value is -2.68. The van der Waals surface area contributed by atoms with Crippen molar-refractivity contribution in [1.29, 1.82) is 0 Å². The lowest BCUT2D eigenvalue weighted by atomic mass is 10.2. The smallest absolute Gasteiger partial charge is 0.332 e. The quantitative estimate of drug-likeness (QED) is 0.631. The van der Waals surface area contributed by atoms with Crippen molar-refractivity contribution in [3.63, 3.8) is 0 Å². The van der Waals surface area contributed by atoms with Crippen molar-refractivity contribution in [3.05, 3.63) is 68.9 Å². The van der Waals surface area contributed by atoms with Crippen molar-refractivity contribution in [2.24, 2.45) is 14.1 Å². The van der Waals surface area contributed by atoms with E-state index in [1.54, 1.807) is 13.1 Å². The van der Waals surface area contributed by atoms with Crippen LogP contribution in [-0.4, -0.2) is 59.3 Å². The van der Waals surface area contributed by atoms with E-state index in [0.717, 1.165) is 23.2 Å². The molecule has 1 aromatic heterocycles. The molecule has 1 aliphatic rings. The fraction of sp³-hybridized carbons (Fsp3) is 0.381. The van der Waals surface area contributed by atoms with Gasteiger partial charge in [0.15, 0.2) is 0 Å². The van der Waals surface area contributed by atoms with E-state index in [2.05, 4.69) is 4.90 Å². The predicted molar refractivity (Wildman–Crippen MR) is 119 cm³/mol. The average Bonchev–Trinajstić information content (AvgIpc) is 2.75. The number of anilines is 1. The highest BCUT2D eigenvalue weighted by atomic mass is 35.5.